The zero-order chi connectivity index (χ0) is 19.3. The van der Waals surface area contributed by atoms with Crippen LogP contribution in [0.5, 0.6) is 0 Å². The highest BCUT2D eigenvalue weighted by molar-refractivity contribution is 5.95. The van der Waals surface area contributed by atoms with Crippen molar-refractivity contribution in [1.82, 2.24) is 0 Å². The molecule has 7 heteroatoms. The first-order valence-electron chi connectivity index (χ1n) is 8.14. The Morgan fingerprint density at radius 1 is 0.962 bits per heavy atom. The summed E-state index contributed by atoms with van der Waals surface area (Å²) in [6, 6.07) is 6.61. The van der Waals surface area contributed by atoms with Crippen LogP contribution in [0.15, 0.2) is 30.3 Å². The van der Waals surface area contributed by atoms with Crippen molar-refractivity contribution in [1.29, 1.82) is 0 Å². The largest absolute Gasteiger partial charge is 0.326 e. The maximum atomic E-state index is 13.2. The number of anilines is 2. The van der Waals surface area contributed by atoms with E-state index in [-0.39, 0.29) is 17.9 Å². The van der Waals surface area contributed by atoms with Crippen LogP contribution in [0.1, 0.15) is 30.9 Å². The second-order valence-corrected chi connectivity index (χ2v) is 5.93. The zero-order valence-electron chi connectivity index (χ0n) is 14.5. The molecule has 0 heterocycles. The van der Waals surface area contributed by atoms with E-state index in [1.54, 1.807) is 25.1 Å². The molecule has 2 amide bonds. The van der Waals surface area contributed by atoms with Crippen LogP contribution in [0.2, 0.25) is 0 Å². The van der Waals surface area contributed by atoms with E-state index in [0.717, 1.165) is 17.7 Å². The lowest BCUT2D eigenvalue weighted by Gasteiger charge is -2.12. The molecule has 2 N–H and O–H groups in total. The Balaban J connectivity index is 2.09. The number of hydrogen-bond acceptors (Lipinski definition) is 2. The lowest BCUT2D eigenvalue weighted by molar-refractivity contribution is -0.116. The predicted octanol–water partition coefficient (Wildman–Crippen LogP) is 4.33. The van der Waals surface area contributed by atoms with Gasteiger partial charge in [-0.2, -0.15) is 0 Å². The normalized spacial score (nSPS) is 10.5. The van der Waals surface area contributed by atoms with Gasteiger partial charge in [0.15, 0.2) is 17.5 Å². The molecule has 0 saturated carbocycles. The SMILES string of the molecule is CCCC(=O)Nc1ccc(C)c(NC(=O)Cc2cc(F)c(F)c(F)c2)c1. The van der Waals surface area contributed by atoms with Crippen LogP contribution in [0.3, 0.4) is 0 Å². The minimum absolute atomic E-state index is 0.0176. The van der Waals surface area contributed by atoms with E-state index >= 15 is 0 Å². The minimum Gasteiger partial charge on any atom is -0.326 e. The number of carbonyl (C=O) groups excluding carboxylic acids is 2. The molecular formula is C19H19F3N2O2. The Kier molecular flexibility index (Phi) is 6.38. The molecule has 0 aliphatic rings. The van der Waals surface area contributed by atoms with E-state index in [1.165, 1.54) is 0 Å². The van der Waals surface area contributed by atoms with E-state index < -0.39 is 23.4 Å². The van der Waals surface area contributed by atoms with E-state index in [0.29, 0.717) is 24.2 Å². The van der Waals surface area contributed by atoms with Crippen LogP contribution in [-0.4, -0.2) is 11.8 Å². The first-order chi connectivity index (χ1) is 12.3. The zero-order valence-corrected chi connectivity index (χ0v) is 14.5. The predicted molar refractivity (Wildman–Crippen MR) is 93.4 cm³/mol. The molecule has 0 unspecified atom stereocenters. The summed E-state index contributed by atoms with van der Waals surface area (Å²) in [4.78, 5) is 23.8. The molecule has 0 atom stereocenters. The second kappa shape index (κ2) is 8.51. The highest BCUT2D eigenvalue weighted by Gasteiger charge is 2.14. The molecule has 0 fully saturated rings. The molecule has 2 rings (SSSR count). The van der Waals surface area contributed by atoms with E-state index in [1.807, 2.05) is 6.92 Å². The molecule has 2 aromatic rings. The molecule has 26 heavy (non-hydrogen) atoms. The standard InChI is InChI=1S/C19H19F3N2O2/c1-3-4-17(25)23-13-6-5-11(2)16(10-13)24-18(26)9-12-7-14(20)19(22)15(21)8-12/h5-8,10H,3-4,9H2,1-2H3,(H,23,25)(H,24,26). The van der Waals surface area contributed by atoms with Crippen molar-refractivity contribution >= 4 is 23.2 Å². The summed E-state index contributed by atoms with van der Waals surface area (Å²) in [5, 5.41) is 5.35. The lowest BCUT2D eigenvalue weighted by atomic mass is 10.1. The summed E-state index contributed by atoms with van der Waals surface area (Å²) in [6.07, 6.45) is 0.781. The van der Waals surface area contributed by atoms with Gasteiger partial charge in [-0.05, 0) is 48.7 Å². The number of nitrogens with one attached hydrogen (secondary N) is 2. The van der Waals surface area contributed by atoms with Gasteiger partial charge in [-0.15, -0.1) is 0 Å². The maximum Gasteiger partial charge on any atom is 0.228 e. The molecule has 0 aliphatic carbocycles. The molecule has 0 radical (unpaired) electrons. The van der Waals surface area contributed by atoms with Crippen LogP contribution in [0.4, 0.5) is 24.5 Å². The van der Waals surface area contributed by atoms with Gasteiger partial charge in [-0.3, -0.25) is 9.59 Å². The Morgan fingerprint density at radius 3 is 2.23 bits per heavy atom. The topological polar surface area (TPSA) is 58.2 Å². The molecule has 138 valence electrons. The van der Waals surface area contributed by atoms with Gasteiger partial charge in [0.2, 0.25) is 11.8 Å². The van der Waals surface area contributed by atoms with Crippen molar-refractivity contribution in [3.05, 3.63) is 58.9 Å². The first kappa shape index (κ1) is 19.5. The third-order valence-electron chi connectivity index (χ3n) is 3.68. The smallest absolute Gasteiger partial charge is 0.228 e. The van der Waals surface area contributed by atoms with Gasteiger partial charge in [-0.1, -0.05) is 13.0 Å². The van der Waals surface area contributed by atoms with Crippen molar-refractivity contribution < 1.29 is 22.8 Å². The van der Waals surface area contributed by atoms with Crippen molar-refractivity contribution in [2.45, 2.75) is 33.1 Å². The first-order valence-corrected chi connectivity index (χ1v) is 8.14. The summed E-state index contributed by atoms with van der Waals surface area (Å²) < 4.78 is 39.4. The van der Waals surface area contributed by atoms with Crippen LogP contribution in [0.25, 0.3) is 0 Å². The van der Waals surface area contributed by atoms with E-state index in [2.05, 4.69) is 10.6 Å². The monoisotopic (exact) mass is 364 g/mol. The number of halogens is 3. The van der Waals surface area contributed by atoms with Gasteiger partial charge in [0.05, 0.1) is 6.42 Å². The molecule has 0 saturated heterocycles. The molecule has 2 aromatic carbocycles. The van der Waals surface area contributed by atoms with E-state index in [9.17, 15) is 22.8 Å². The molecular weight excluding hydrogens is 345 g/mol. The van der Waals surface area contributed by atoms with Crippen molar-refractivity contribution in [2.75, 3.05) is 10.6 Å². The molecule has 0 aromatic heterocycles. The summed E-state index contributed by atoms with van der Waals surface area (Å²) >= 11 is 0. The highest BCUT2D eigenvalue weighted by atomic mass is 19.2. The fraction of sp³-hybridized carbons (Fsp3) is 0.263. The molecule has 0 aliphatic heterocycles. The summed E-state index contributed by atoms with van der Waals surface area (Å²) in [5.41, 5.74) is 1.77. The highest BCUT2D eigenvalue weighted by Crippen LogP contribution is 2.21. The quantitative estimate of drug-likeness (QED) is 0.750. The number of aryl methyl sites for hydroxylation is 1. The fourth-order valence-electron chi connectivity index (χ4n) is 2.37. The van der Waals surface area contributed by atoms with E-state index in [4.69, 9.17) is 0 Å². The van der Waals surface area contributed by atoms with Crippen molar-refractivity contribution in [3.63, 3.8) is 0 Å². The van der Waals surface area contributed by atoms with Gasteiger partial charge in [0.1, 0.15) is 0 Å². The van der Waals surface area contributed by atoms with Gasteiger partial charge in [-0.25, -0.2) is 13.2 Å². The van der Waals surface area contributed by atoms with Crippen LogP contribution < -0.4 is 10.6 Å². The lowest BCUT2D eigenvalue weighted by Crippen LogP contribution is -2.16. The second-order valence-electron chi connectivity index (χ2n) is 5.93. The number of carbonyl (C=O) groups is 2. The minimum atomic E-state index is -1.57. The number of hydrogen-bond donors (Lipinski definition) is 2. The van der Waals surface area contributed by atoms with Gasteiger partial charge >= 0.3 is 0 Å². The average Bonchev–Trinajstić information content (AvgIpc) is 2.55. The Morgan fingerprint density at radius 2 is 1.62 bits per heavy atom. The Labute approximate surface area is 149 Å². The number of amides is 2. The summed E-state index contributed by atoms with van der Waals surface area (Å²) in [6.45, 7) is 3.66. The maximum absolute atomic E-state index is 13.2. The Bertz CT molecular complexity index is 815. The average molecular weight is 364 g/mol. The van der Waals surface area contributed by atoms with Crippen molar-refractivity contribution in [3.8, 4) is 0 Å². The fourth-order valence-corrected chi connectivity index (χ4v) is 2.37. The molecule has 4 nitrogen and oxygen atoms in total. The molecule has 0 spiro atoms. The van der Waals surface area contributed by atoms with Gasteiger partial charge < -0.3 is 10.6 Å². The van der Waals surface area contributed by atoms with Gasteiger partial charge in [0.25, 0.3) is 0 Å². The number of benzene rings is 2. The van der Waals surface area contributed by atoms with Crippen molar-refractivity contribution in [2.24, 2.45) is 0 Å². The van der Waals surface area contributed by atoms with Crippen LogP contribution in [-0.2, 0) is 16.0 Å². The number of rotatable bonds is 6. The summed E-state index contributed by atoms with van der Waals surface area (Å²) in [7, 11) is 0. The Hall–Kier alpha value is -2.83. The van der Waals surface area contributed by atoms with Crippen LogP contribution in [0, 0.1) is 24.4 Å². The molecule has 0 bridgehead atoms. The third kappa shape index (κ3) is 5.08. The van der Waals surface area contributed by atoms with Gasteiger partial charge in [0, 0.05) is 17.8 Å². The van der Waals surface area contributed by atoms with Crippen LogP contribution >= 0.6 is 0 Å². The third-order valence-corrected chi connectivity index (χ3v) is 3.68. The summed E-state index contributed by atoms with van der Waals surface area (Å²) in [5.74, 6) is -4.91.